The summed E-state index contributed by atoms with van der Waals surface area (Å²) in [5, 5.41) is 2.85. The number of hydrogen-bond donors (Lipinski definition) is 1. The molecule has 1 aromatic carbocycles. The number of rotatable bonds is 7. The Labute approximate surface area is 157 Å². The summed E-state index contributed by atoms with van der Waals surface area (Å²) in [7, 11) is 1.81. The van der Waals surface area contributed by atoms with Crippen molar-refractivity contribution in [1.82, 2.24) is 20.0 Å². The van der Waals surface area contributed by atoms with Gasteiger partial charge < -0.3 is 10.2 Å². The molecule has 0 aromatic heterocycles. The molecule has 0 spiro atoms. The van der Waals surface area contributed by atoms with Gasteiger partial charge in [-0.3, -0.25) is 19.4 Å². The molecule has 26 heavy (non-hydrogen) atoms. The number of nitrogens with zero attached hydrogens (tertiary/aromatic N) is 3. The van der Waals surface area contributed by atoms with Crippen LogP contribution in [0.1, 0.15) is 25.0 Å². The van der Waals surface area contributed by atoms with Crippen LogP contribution < -0.4 is 5.32 Å². The number of amides is 2. The maximum Gasteiger partial charge on any atom is 0.236 e. The SMILES string of the molecule is Cc1ccccc1CN1CCN(C(=O)CN(C)CC(=O)NC(C)C)CC1. The van der Waals surface area contributed by atoms with E-state index in [1.165, 1.54) is 11.1 Å². The van der Waals surface area contributed by atoms with Crippen LogP contribution in [-0.2, 0) is 16.1 Å². The highest BCUT2D eigenvalue weighted by molar-refractivity contribution is 5.81. The number of piperazine rings is 1. The van der Waals surface area contributed by atoms with Crippen LogP contribution in [0.2, 0.25) is 0 Å². The van der Waals surface area contributed by atoms with Gasteiger partial charge in [0.2, 0.25) is 11.8 Å². The minimum atomic E-state index is -0.0432. The molecule has 6 nitrogen and oxygen atoms in total. The molecule has 1 saturated heterocycles. The Morgan fingerprint density at radius 3 is 2.38 bits per heavy atom. The molecule has 1 aliphatic heterocycles. The lowest BCUT2D eigenvalue weighted by Crippen LogP contribution is -2.51. The van der Waals surface area contributed by atoms with Crippen molar-refractivity contribution in [2.45, 2.75) is 33.4 Å². The van der Waals surface area contributed by atoms with Crippen LogP contribution in [-0.4, -0.2) is 78.9 Å². The molecule has 0 atom stereocenters. The van der Waals surface area contributed by atoms with Crippen LogP contribution in [0.5, 0.6) is 0 Å². The first kappa shape index (κ1) is 20.4. The van der Waals surface area contributed by atoms with E-state index in [1.54, 1.807) is 4.90 Å². The minimum Gasteiger partial charge on any atom is -0.353 e. The highest BCUT2D eigenvalue weighted by Crippen LogP contribution is 2.12. The Morgan fingerprint density at radius 1 is 1.12 bits per heavy atom. The van der Waals surface area contributed by atoms with Gasteiger partial charge in [0.05, 0.1) is 13.1 Å². The fourth-order valence-corrected chi connectivity index (χ4v) is 3.18. The second-order valence-corrected chi connectivity index (χ2v) is 7.48. The topological polar surface area (TPSA) is 55.9 Å². The van der Waals surface area contributed by atoms with E-state index < -0.39 is 0 Å². The minimum absolute atomic E-state index is 0.0432. The zero-order chi connectivity index (χ0) is 19.1. The third-order valence-electron chi connectivity index (χ3n) is 4.65. The van der Waals surface area contributed by atoms with Gasteiger partial charge in [-0.05, 0) is 38.9 Å². The van der Waals surface area contributed by atoms with Crippen molar-refractivity contribution in [2.24, 2.45) is 0 Å². The highest BCUT2D eigenvalue weighted by Gasteiger charge is 2.22. The predicted octanol–water partition coefficient (Wildman–Crippen LogP) is 1.10. The van der Waals surface area contributed by atoms with Gasteiger partial charge in [-0.15, -0.1) is 0 Å². The summed E-state index contributed by atoms with van der Waals surface area (Å²) in [5.74, 6) is 0.0544. The molecular weight excluding hydrogens is 328 g/mol. The molecule has 1 heterocycles. The maximum absolute atomic E-state index is 12.5. The third-order valence-corrected chi connectivity index (χ3v) is 4.65. The van der Waals surface area contributed by atoms with E-state index in [9.17, 15) is 9.59 Å². The smallest absolute Gasteiger partial charge is 0.236 e. The molecule has 2 rings (SSSR count). The lowest BCUT2D eigenvalue weighted by atomic mass is 10.1. The fourth-order valence-electron chi connectivity index (χ4n) is 3.18. The quantitative estimate of drug-likeness (QED) is 0.791. The lowest BCUT2D eigenvalue weighted by Gasteiger charge is -2.35. The summed E-state index contributed by atoms with van der Waals surface area (Å²) in [4.78, 5) is 30.3. The highest BCUT2D eigenvalue weighted by atomic mass is 16.2. The van der Waals surface area contributed by atoms with Crippen molar-refractivity contribution >= 4 is 11.8 Å². The fraction of sp³-hybridized carbons (Fsp3) is 0.600. The predicted molar refractivity (Wildman–Crippen MR) is 104 cm³/mol. The number of nitrogens with one attached hydrogen (secondary N) is 1. The van der Waals surface area contributed by atoms with Crippen LogP contribution in [0.25, 0.3) is 0 Å². The van der Waals surface area contributed by atoms with E-state index in [0.29, 0.717) is 0 Å². The molecule has 6 heteroatoms. The second-order valence-electron chi connectivity index (χ2n) is 7.48. The number of likely N-dealkylation sites (N-methyl/N-ethyl adjacent to an activating group) is 1. The largest absolute Gasteiger partial charge is 0.353 e. The van der Waals surface area contributed by atoms with Crippen LogP contribution in [0.15, 0.2) is 24.3 Å². The first-order valence-electron chi connectivity index (χ1n) is 9.37. The van der Waals surface area contributed by atoms with Gasteiger partial charge in [-0.25, -0.2) is 0 Å². The van der Waals surface area contributed by atoms with Gasteiger partial charge in [0.15, 0.2) is 0 Å². The zero-order valence-corrected chi connectivity index (χ0v) is 16.5. The Hall–Kier alpha value is -1.92. The molecule has 2 amide bonds. The number of hydrogen-bond acceptors (Lipinski definition) is 4. The molecule has 144 valence electrons. The molecule has 0 saturated carbocycles. The number of aryl methyl sites for hydroxylation is 1. The van der Waals surface area contributed by atoms with Gasteiger partial charge >= 0.3 is 0 Å². The molecule has 0 radical (unpaired) electrons. The molecule has 1 aliphatic rings. The molecule has 0 unspecified atom stereocenters. The summed E-state index contributed by atoms with van der Waals surface area (Å²) < 4.78 is 0. The summed E-state index contributed by atoms with van der Waals surface area (Å²) in [5.41, 5.74) is 2.66. The van der Waals surface area contributed by atoms with E-state index in [1.807, 2.05) is 25.8 Å². The summed E-state index contributed by atoms with van der Waals surface area (Å²) in [6.07, 6.45) is 0. The standard InChI is InChI=1S/C20H32N4O2/c1-16(2)21-19(25)14-22(4)15-20(26)24-11-9-23(10-12-24)13-18-8-6-5-7-17(18)3/h5-8,16H,9-15H2,1-4H3,(H,21,25). The third kappa shape index (κ3) is 6.42. The molecule has 1 N–H and O–H groups in total. The number of carbonyl (C=O) groups is 2. The Bertz CT molecular complexity index is 610. The Morgan fingerprint density at radius 2 is 1.77 bits per heavy atom. The van der Waals surface area contributed by atoms with Gasteiger partial charge in [-0.1, -0.05) is 24.3 Å². The van der Waals surface area contributed by atoms with Gasteiger partial charge in [0.1, 0.15) is 0 Å². The molecule has 0 bridgehead atoms. The van der Waals surface area contributed by atoms with Gasteiger partial charge in [0, 0.05) is 38.8 Å². The Kier molecular flexibility index (Phi) is 7.60. The average molecular weight is 361 g/mol. The van der Waals surface area contributed by atoms with Crippen molar-refractivity contribution in [3.05, 3.63) is 35.4 Å². The van der Waals surface area contributed by atoms with Crippen molar-refractivity contribution in [2.75, 3.05) is 46.3 Å². The average Bonchev–Trinajstić information content (AvgIpc) is 2.56. The van der Waals surface area contributed by atoms with E-state index in [0.717, 1.165) is 32.7 Å². The molecule has 0 aliphatic carbocycles. The maximum atomic E-state index is 12.5. The van der Waals surface area contributed by atoms with E-state index in [4.69, 9.17) is 0 Å². The zero-order valence-electron chi connectivity index (χ0n) is 16.5. The van der Waals surface area contributed by atoms with Crippen molar-refractivity contribution < 1.29 is 9.59 Å². The van der Waals surface area contributed by atoms with Crippen molar-refractivity contribution in [3.63, 3.8) is 0 Å². The molecule has 1 aromatic rings. The van der Waals surface area contributed by atoms with E-state index in [-0.39, 0.29) is 30.9 Å². The number of carbonyl (C=O) groups excluding carboxylic acids is 2. The van der Waals surface area contributed by atoms with Crippen LogP contribution >= 0.6 is 0 Å². The second kappa shape index (κ2) is 9.69. The monoisotopic (exact) mass is 360 g/mol. The Balaban J connectivity index is 1.74. The normalized spacial score (nSPS) is 15.5. The van der Waals surface area contributed by atoms with Crippen molar-refractivity contribution in [3.8, 4) is 0 Å². The molecular formula is C20H32N4O2. The summed E-state index contributed by atoms with van der Waals surface area (Å²) in [6, 6.07) is 8.57. The van der Waals surface area contributed by atoms with E-state index >= 15 is 0 Å². The van der Waals surface area contributed by atoms with E-state index in [2.05, 4.69) is 41.4 Å². The van der Waals surface area contributed by atoms with Crippen LogP contribution in [0.4, 0.5) is 0 Å². The summed E-state index contributed by atoms with van der Waals surface area (Å²) >= 11 is 0. The number of benzene rings is 1. The summed E-state index contributed by atoms with van der Waals surface area (Å²) in [6.45, 7) is 10.7. The molecule has 1 fully saturated rings. The lowest BCUT2D eigenvalue weighted by molar-refractivity contribution is -0.134. The van der Waals surface area contributed by atoms with Crippen LogP contribution in [0, 0.1) is 6.92 Å². The van der Waals surface area contributed by atoms with Gasteiger partial charge in [0.25, 0.3) is 0 Å². The van der Waals surface area contributed by atoms with Crippen LogP contribution in [0.3, 0.4) is 0 Å². The first-order valence-corrected chi connectivity index (χ1v) is 9.37. The van der Waals surface area contributed by atoms with Crippen molar-refractivity contribution in [1.29, 1.82) is 0 Å². The first-order chi connectivity index (χ1) is 12.3. The van der Waals surface area contributed by atoms with Gasteiger partial charge in [-0.2, -0.15) is 0 Å².